The molecule has 3 atom stereocenters. The van der Waals surface area contributed by atoms with Crippen molar-refractivity contribution in [2.75, 3.05) is 27.4 Å². The molecule has 2 aromatic carbocycles. The van der Waals surface area contributed by atoms with Crippen molar-refractivity contribution >= 4 is 11.8 Å². The normalized spacial score (nSPS) is 13.5. The Bertz CT molecular complexity index is 872. The minimum absolute atomic E-state index is 0.0269. The smallest absolute Gasteiger partial charge is 0.251 e. The van der Waals surface area contributed by atoms with Crippen molar-refractivity contribution in [1.29, 1.82) is 0 Å². The lowest BCUT2D eigenvalue weighted by Crippen LogP contribution is -2.50. The number of methoxy groups -OCH3 is 2. The number of carbonyl (C=O) groups is 2. The van der Waals surface area contributed by atoms with Gasteiger partial charge in [-0.15, -0.1) is 0 Å². The van der Waals surface area contributed by atoms with Crippen LogP contribution in [0, 0.1) is 5.92 Å². The fourth-order valence-electron chi connectivity index (χ4n) is 3.21. The SMILES string of the molecule is CCC(C)C(NC(=O)c1ccccc1)C(=O)NC(C)c1ccc(OCCOC)c(OC)c1. The van der Waals surface area contributed by atoms with E-state index in [-0.39, 0.29) is 23.8 Å². The first-order valence-electron chi connectivity index (χ1n) is 10.9. The molecule has 2 amide bonds. The van der Waals surface area contributed by atoms with Crippen molar-refractivity contribution in [3.05, 3.63) is 59.7 Å². The molecule has 0 fully saturated rings. The molecule has 0 bridgehead atoms. The van der Waals surface area contributed by atoms with E-state index in [9.17, 15) is 9.59 Å². The van der Waals surface area contributed by atoms with Crippen molar-refractivity contribution in [1.82, 2.24) is 10.6 Å². The molecule has 0 saturated heterocycles. The van der Waals surface area contributed by atoms with Crippen molar-refractivity contribution < 1.29 is 23.8 Å². The van der Waals surface area contributed by atoms with Gasteiger partial charge in [0.1, 0.15) is 12.6 Å². The van der Waals surface area contributed by atoms with E-state index in [1.807, 2.05) is 45.0 Å². The number of amides is 2. The van der Waals surface area contributed by atoms with Gasteiger partial charge in [0, 0.05) is 12.7 Å². The molecule has 0 aliphatic rings. The molecule has 7 heteroatoms. The van der Waals surface area contributed by atoms with Gasteiger partial charge in [-0.1, -0.05) is 44.5 Å². The van der Waals surface area contributed by atoms with Gasteiger partial charge in [0.05, 0.1) is 19.8 Å². The maximum Gasteiger partial charge on any atom is 0.251 e. The van der Waals surface area contributed by atoms with Gasteiger partial charge in [0.25, 0.3) is 5.91 Å². The second-order valence-electron chi connectivity index (χ2n) is 7.68. The molecule has 7 nitrogen and oxygen atoms in total. The molecule has 0 heterocycles. The average molecular weight is 443 g/mol. The zero-order valence-electron chi connectivity index (χ0n) is 19.5. The van der Waals surface area contributed by atoms with Crippen molar-refractivity contribution in [3.63, 3.8) is 0 Å². The largest absolute Gasteiger partial charge is 0.493 e. The summed E-state index contributed by atoms with van der Waals surface area (Å²) in [5, 5.41) is 5.91. The fraction of sp³-hybridized carbons (Fsp3) is 0.440. The maximum atomic E-state index is 13.1. The van der Waals surface area contributed by atoms with Gasteiger partial charge in [0.2, 0.25) is 5.91 Å². The molecule has 2 N–H and O–H groups in total. The van der Waals surface area contributed by atoms with E-state index >= 15 is 0 Å². The molecule has 2 rings (SSSR count). The van der Waals surface area contributed by atoms with Crippen LogP contribution >= 0.6 is 0 Å². The Kier molecular flexibility index (Phi) is 10.0. The number of carbonyl (C=O) groups excluding carboxylic acids is 2. The van der Waals surface area contributed by atoms with Crippen molar-refractivity contribution in [2.24, 2.45) is 5.92 Å². The Morgan fingerprint density at radius 3 is 2.28 bits per heavy atom. The predicted octanol–water partition coefficient (Wildman–Crippen LogP) is 3.74. The fourth-order valence-corrected chi connectivity index (χ4v) is 3.21. The van der Waals surface area contributed by atoms with Crippen molar-refractivity contribution in [3.8, 4) is 11.5 Å². The highest BCUT2D eigenvalue weighted by molar-refractivity contribution is 5.97. The molecule has 0 aliphatic carbocycles. The summed E-state index contributed by atoms with van der Waals surface area (Å²) in [4.78, 5) is 25.7. The minimum atomic E-state index is -0.645. The number of rotatable bonds is 12. The average Bonchev–Trinajstić information content (AvgIpc) is 2.82. The van der Waals surface area contributed by atoms with Crippen LogP contribution < -0.4 is 20.1 Å². The number of ether oxygens (including phenoxy) is 3. The predicted molar refractivity (Wildman–Crippen MR) is 124 cm³/mol. The van der Waals surface area contributed by atoms with Gasteiger partial charge in [0.15, 0.2) is 11.5 Å². The van der Waals surface area contributed by atoms with Crippen LogP contribution in [0.5, 0.6) is 11.5 Å². The summed E-state index contributed by atoms with van der Waals surface area (Å²) in [5.74, 6) is 0.671. The molecule has 3 unspecified atom stereocenters. The molecular formula is C25H34N2O5. The Hall–Kier alpha value is -3.06. The van der Waals surface area contributed by atoms with Crippen molar-refractivity contribution in [2.45, 2.75) is 39.3 Å². The monoisotopic (exact) mass is 442 g/mol. The molecule has 2 aromatic rings. The number of benzene rings is 2. The van der Waals surface area contributed by atoms with E-state index in [0.717, 1.165) is 12.0 Å². The van der Waals surface area contributed by atoms with Crippen LogP contribution in [0.25, 0.3) is 0 Å². The molecule has 0 spiro atoms. The summed E-state index contributed by atoms with van der Waals surface area (Å²) in [6.45, 7) is 6.73. The Morgan fingerprint density at radius 1 is 0.938 bits per heavy atom. The van der Waals surface area contributed by atoms with E-state index in [2.05, 4.69) is 10.6 Å². The number of hydrogen-bond acceptors (Lipinski definition) is 5. The van der Waals surface area contributed by atoms with Crippen LogP contribution in [-0.2, 0) is 9.53 Å². The summed E-state index contributed by atoms with van der Waals surface area (Å²) in [5.41, 5.74) is 1.39. The number of hydrogen-bond donors (Lipinski definition) is 2. The van der Waals surface area contributed by atoms with Crippen LogP contribution in [0.2, 0.25) is 0 Å². The van der Waals surface area contributed by atoms with E-state index < -0.39 is 6.04 Å². The minimum Gasteiger partial charge on any atom is -0.493 e. The molecule has 174 valence electrons. The summed E-state index contributed by atoms with van der Waals surface area (Å²) in [6, 6.07) is 13.5. The van der Waals surface area contributed by atoms with Gasteiger partial charge >= 0.3 is 0 Å². The lowest BCUT2D eigenvalue weighted by Gasteiger charge is -2.26. The van der Waals surface area contributed by atoms with Crippen LogP contribution in [0.4, 0.5) is 0 Å². The van der Waals surface area contributed by atoms with E-state index in [4.69, 9.17) is 14.2 Å². The molecule has 0 radical (unpaired) electrons. The zero-order valence-corrected chi connectivity index (χ0v) is 19.5. The van der Waals surface area contributed by atoms with E-state index in [1.165, 1.54) is 0 Å². The lowest BCUT2D eigenvalue weighted by atomic mass is 9.97. The first-order valence-corrected chi connectivity index (χ1v) is 10.9. The number of nitrogens with one attached hydrogen (secondary N) is 2. The third-order valence-electron chi connectivity index (χ3n) is 5.41. The highest BCUT2D eigenvalue weighted by atomic mass is 16.5. The first-order chi connectivity index (χ1) is 15.4. The third-order valence-corrected chi connectivity index (χ3v) is 5.41. The van der Waals surface area contributed by atoms with Crippen LogP contribution in [0.15, 0.2) is 48.5 Å². The first kappa shape index (κ1) is 25.2. The van der Waals surface area contributed by atoms with Crippen LogP contribution in [0.3, 0.4) is 0 Å². The third kappa shape index (κ3) is 6.99. The quantitative estimate of drug-likeness (QED) is 0.489. The molecule has 0 aromatic heterocycles. The summed E-state index contributed by atoms with van der Waals surface area (Å²) < 4.78 is 16.1. The maximum absolute atomic E-state index is 13.1. The molecule has 0 aliphatic heterocycles. The highest BCUT2D eigenvalue weighted by Crippen LogP contribution is 2.30. The lowest BCUT2D eigenvalue weighted by molar-refractivity contribution is -0.124. The van der Waals surface area contributed by atoms with E-state index in [0.29, 0.717) is 30.3 Å². The topological polar surface area (TPSA) is 85.9 Å². The van der Waals surface area contributed by atoms with Gasteiger partial charge in [-0.2, -0.15) is 0 Å². The van der Waals surface area contributed by atoms with Gasteiger partial charge in [-0.25, -0.2) is 0 Å². The standard InChI is InChI=1S/C25H34N2O5/c1-6-17(2)23(27-24(28)19-10-8-7-9-11-19)25(29)26-18(3)20-12-13-21(22(16-20)31-5)32-15-14-30-4/h7-13,16-18,23H,6,14-15H2,1-5H3,(H,26,29)(H,27,28). The zero-order chi connectivity index (χ0) is 23.5. The summed E-state index contributed by atoms with van der Waals surface area (Å²) >= 11 is 0. The second-order valence-corrected chi connectivity index (χ2v) is 7.68. The Labute approximate surface area is 190 Å². The molecular weight excluding hydrogens is 408 g/mol. The van der Waals surface area contributed by atoms with Gasteiger partial charge < -0.3 is 24.8 Å². The van der Waals surface area contributed by atoms with Gasteiger partial charge in [-0.3, -0.25) is 9.59 Å². The molecule has 0 saturated carbocycles. The van der Waals surface area contributed by atoms with Gasteiger partial charge in [-0.05, 0) is 42.7 Å². The Morgan fingerprint density at radius 2 is 1.66 bits per heavy atom. The molecule has 32 heavy (non-hydrogen) atoms. The van der Waals surface area contributed by atoms with E-state index in [1.54, 1.807) is 38.5 Å². The van der Waals surface area contributed by atoms with Crippen LogP contribution in [0.1, 0.15) is 49.2 Å². The summed E-state index contributed by atoms with van der Waals surface area (Å²) in [6.07, 6.45) is 0.753. The second kappa shape index (κ2) is 12.7. The van der Waals surface area contributed by atoms with Crippen LogP contribution in [-0.4, -0.2) is 45.3 Å². The highest BCUT2D eigenvalue weighted by Gasteiger charge is 2.27. The summed E-state index contributed by atoms with van der Waals surface area (Å²) in [7, 11) is 3.19. The Balaban J connectivity index is 2.10.